The first-order valence-corrected chi connectivity index (χ1v) is 7.33. The van der Waals surface area contributed by atoms with Gasteiger partial charge in [0.05, 0.1) is 0 Å². The lowest BCUT2D eigenvalue weighted by Crippen LogP contribution is -2.34. The molecule has 0 spiro atoms. The van der Waals surface area contributed by atoms with Crippen molar-refractivity contribution in [2.75, 3.05) is 6.54 Å². The molecule has 0 radical (unpaired) electrons. The van der Waals surface area contributed by atoms with E-state index in [2.05, 4.69) is 0 Å². The third-order valence-electron chi connectivity index (χ3n) is 3.33. The van der Waals surface area contributed by atoms with Crippen LogP contribution in [0.2, 0.25) is 5.02 Å². The van der Waals surface area contributed by atoms with Gasteiger partial charge in [-0.15, -0.1) is 0 Å². The van der Waals surface area contributed by atoms with Gasteiger partial charge >= 0.3 is 5.97 Å². The van der Waals surface area contributed by atoms with Gasteiger partial charge in [-0.1, -0.05) is 18.5 Å². The quantitative estimate of drug-likeness (QED) is 0.840. The van der Waals surface area contributed by atoms with E-state index in [0.717, 1.165) is 0 Å². The number of hydrogen-bond donors (Lipinski definition) is 1. The van der Waals surface area contributed by atoms with E-state index in [9.17, 15) is 9.18 Å². The summed E-state index contributed by atoms with van der Waals surface area (Å²) in [5, 5.41) is 0.452. The van der Waals surface area contributed by atoms with E-state index in [4.69, 9.17) is 22.1 Å². The van der Waals surface area contributed by atoms with Crippen molar-refractivity contribution in [3.05, 3.63) is 34.6 Å². The maximum Gasteiger partial charge on any atom is 0.306 e. The van der Waals surface area contributed by atoms with Gasteiger partial charge in [-0.25, -0.2) is 4.39 Å². The van der Waals surface area contributed by atoms with Crippen molar-refractivity contribution in [1.29, 1.82) is 0 Å². The zero-order chi connectivity index (χ0) is 16.3. The van der Waals surface area contributed by atoms with E-state index in [0.29, 0.717) is 17.0 Å². The second-order valence-corrected chi connectivity index (χ2v) is 6.88. The predicted molar refractivity (Wildman–Crippen MR) is 82.9 cm³/mol. The SMILES string of the molecule is CC(C)(C)OC(=O)CCC(C)(CN)c1cc(F)ccc1Cl. The van der Waals surface area contributed by atoms with Gasteiger partial charge in [-0.3, -0.25) is 4.79 Å². The van der Waals surface area contributed by atoms with Gasteiger partial charge in [0.2, 0.25) is 0 Å². The summed E-state index contributed by atoms with van der Waals surface area (Å²) < 4.78 is 18.7. The minimum atomic E-state index is -0.573. The minimum Gasteiger partial charge on any atom is -0.460 e. The lowest BCUT2D eigenvalue weighted by atomic mass is 9.78. The molecule has 0 aliphatic rings. The Kier molecular flexibility index (Phi) is 5.76. The summed E-state index contributed by atoms with van der Waals surface area (Å²) in [6.07, 6.45) is 0.652. The van der Waals surface area contributed by atoms with E-state index < -0.39 is 11.0 Å². The Labute approximate surface area is 130 Å². The van der Waals surface area contributed by atoms with Crippen LogP contribution in [0.25, 0.3) is 0 Å². The van der Waals surface area contributed by atoms with Gasteiger partial charge in [0, 0.05) is 23.4 Å². The molecule has 21 heavy (non-hydrogen) atoms. The molecule has 1 unspecified atom stereocenters. The molecule has 1 aromatic rings. The Morgan fingerprint density at radius 1 is 1.33 bits per heavy atom. The molecule has 0 amide bonds. The fraction of sp³-hybridized carbons (Fsp3) is 0.562. The summed E-state index contributed by atoms with van der Waals surface area (Å²) in [6, 6.07) is 4.19. The summed E-state index contributed by atoms with van der Waals surface area (Å²) in [5.41, 5.74) is 5.36. The van der Waals surface area contributed by atoms with E-state index in [1.165, 1.54) is 18.2 Å². The Morgan fingerprint density at radius 3 is 2.48 bits per heavy atom. The summed E-state index contributed by atoms with van der Waals surface area (Å²) in [4.78, 5) is 11.8. The Bertz CT molecular complexity index is 513. The number of carbonyl (C=O) groups excluding carboxylic acids is 1. The molecule has 1 rings (SSSR count). The van der Waals surface area contributed by atoms with Crippen LogP contribution in [0.4, 0.5) is 4.39 Å². The van der Waals surface area contributed by atoms with Crippen molar-refractivity contribution in [2.24, 2.45) is 5.73 Å². The monoisotopic (exact) mass is 315 g/mol. The van der Waals surface area contributed by atoms with E-state index >= 15 is 0 Å². The van der Waals surface area contributed by atoms with Crippen LogP contribution in [-0.4, -0.2) is 18.1 Å². The highest BCUT2D eigenvalue weighted by atomic mass is 35.5. The van der Waals surface area contributed by atoms with Gasteiger partial charge in [-0.05, 0) is 51.0 Å². The maximum atomic E-state index is 13.4. The molecule has 0 saturated carbocycles. The van der Waals surface area contributed by atoms with Crippen molar-refractivity contribution in [3.8, 4) is 0 Å². The minimum absolute atomic E-state index is 0.206. The molecule has 3 nitrogen and oxygen atoms in total. The number of benzene rings is 1. The van der Waals surface area contributed by atoms with Gasteiger partial charge in [-0.2, -0.15) is 0 Å². The van der Waals surface area contributed by atoms with E-state index in [1.54, 1.807) is 0 Å². The fourth-order valence-electron chi connectivity index (χ4n) is 2.08. The van der Waals surface area contributed by atoms with Crippen LogP contribution in [0, 0.1) is 5.82 Å². The summed E-state index contributed by atoms with van der Waals surface area (Å²) >= 11 is 6.14. The molecule has 0 aliphatic heterocycles. The van der Waals surface area contributed by atoms with Gasteiger partial charge in [0.25, 0.3) is 0 Å². The maximum absolute atomic E-state index is 13.4. The third-order valence-corrected chi connectivity index (χ3v) is 3.66. The molecule has 0 saturated heterocycles. The van der Waals surface area contributed by atoms with Crippen LogP contribution in [0.3, 0.4) is 0 Å². The standard InChI is InChI=1S/C16H23ClFNO2/c1-15(2,3)21-14(20)7-8-16(4,10-19)12-9-11(18)5-6-13(12)17/h5-6,9H,7-8,10,19H2,1-4H3. The van der Waals surface area contributed by atoms with E-state index in [-0.39, 0.29) is 24.8 Å². The van der Waals surface area contributed by atoms with Crippen molar-refractivity contribution < 1.29 is 13.9 Å². The highest BCUT2D eigenvalue weighted by Gasteiger charge is 2.29. The molecule has 1 aromatic carbocycles. The largest absolute Gasteiger partial charge is 0.460 e. The van der Waals surface area contributed by atoms with Gasteiger partial charge in [0.15, 0.2) is 0 Å². The summed E-state index contributed by atoms with van der Waals surface area (Å²) in [7, 11) is 0. The Morgan fingerprint density at radius 2 is 1.95 bits per heavy atom. The zero-order valence-electron chi connectivity index (χ0n) is 13.0. The van der Waals surface area contributed by atoms with Crippen LogP contribution in [-0.2, 0) is 14.9 Å². The second-order valence-electron chi connectivity index (χ2n) is 6.48. The summed E-state index contributed by atoms with van der Waals surface area (Å²) in [5.74, 6) is -0.666. The van der Waals surface area contributed by atoms with Crippen molar-refractivity contribution in [1.82, 2.24) is 0 Å². The Balaban J connectivity index is 2.86. The predicted octanol–water partition coefficient (Wildman–Crippen LogP) is 3.82. The molecule has 2 N–H and O–H groups in total. The zero-order valence-corrected chi connectivity index (χ0v) is 13.8. The smallest absolute Gasteiger partial charge is 0.306 e. The molecule has 0 bridgehead atoms. The van der Waals surface area contributed by atoms with Crippen LogP contribution in [0.15, 0.2) is 18.2 Å². The molecular formula is C16H23ClFNO2. The Hall–Kier alpha value is -1.13. The third kappa shape index (κ3) is 5.29. The molecule has 5 heteroatoms. The van der Waals surface area contributed by atoms with Crippen LogP contribution in [0.1, 0.15) is 46.1 Å². The van der Waals surface area contributed by atoms with E-state index in [1.807, 2.05) is 27.7 Å². The first-order valence-electron chi connectivity index (χ1n) is 6.95. The van der Waals surface area contributed by atoms with Gasteiger partial charge in [0.1, 0.15) is 11.4 Å². The molecule has 0 aromatic heterocycles. The topological polar surface area (TPSA) is 52.3 Å². The molecule has 118 valence electrons. The number of nitrogens with two attached hydrogens (primary N) is 1. The number of carbonyl (C=O) groups is 1. The first-order chi connectivity index (χ1) is 9.57. The number of rotatable bonds is 5. The second kappa shape index (κ2) is 6.75. The van der Waals surface area contributed by atoms with Crippen LogP contribution >= 0.6 is 11.6 Å². The summed E-state index contributed by atoms with van der Waals surface area (Å²) in [6.45, 7) is 7.58. The molecule has 0 aliphatic carbocycles. The first kappa shape index (κ1) is 17.9. The van der Waals surface area contributed by atoms with Crippen molar-refractivity contribution >= 4 is 17.6 Å². The van der Waals surface area contributed by atoms with Crippen LogP contribution in [0.5, 0.6) is 0 Å². The molecule has 0 fully saturated rings. The average Bonchev–Trinajstić information content (AvgIpc) is 2.37. The lowest BCUT2D eigenvalue weighted by molar-refractivity contribution is -0.155. The highest BCUT2D eigenvalue weighted by Crippen LogP contribution is 2.34. The molecular weight excluding hydrogens is 293 g/mol. The number of halogens is 2. The van der Waals surface area contributed by atoms with Crippen LogP contribution < -0.4 is 5.73 Å². The lowest BCUT2D eigenvalue weighted by Gasteiger charge is -2.30. The number of ether oxygens (including phenoxy) is 1. The molecule has 1 atom stereocenters. The van der Waals surface area contributed by atoms with Crippen molar-refractivity contribution in [3.63, 3.8) is 0 Å². The number of esters is 1. The number of hydrogen-bond acceptors (Lipinski definition) is 3. The fourth-order valence-corrected chi connectivity index (χ4v) is 2.42. The average molecular weight is 316 g/mol. The highest BCUT2D eigenvalue weighted by molar-refractivity contribution is 6.31. The molecule has 0 heterocycles. The van der Waals surface area contributed by atoms with Gasteiger partial charge < -0.3 is 10.5 Å². The normalized spacial score (nSPS) is 14.6. The van der Waals surface area contributed by atoms with Crippen molar-refractivity contribution in [2.45, 2.75) is 51.6 Å².